The van der Waals surface area contributed by atoms with Crippen LogP contribution in [-0.2, 0) is 6.61 Å². The molecule has 2 aromatic carbocycles. The summed E-state index contributed by atoms with van der Waals surface area (Å²) in [5, 5.41) is 2.97. The molecule has 0 spiro atoms. The molecule has 3 heteroatoms. The Hall–Kier alpha value is -2.84. The molecule has 0 atom stereocenters. The first-order valence-electron chi connectivity index (χ1n) is 9.09. The van der Waals surface area contributed by atoms with E-state index in [4.69, 9.17) is 16.3 Å². The second-order valence-electron chi connectivity index (χ2n) is 6.51. The molecule has 1 aromatic heterocycles. The van der Waals surface area contributed by atoms with Crippen molar-refractivity contribution in [3.63, 3.8) is 0 Å². The van der Waals surface area contributed by atoms with Crippen molar-refractivity contribution in [2.75, 3.05) is 0 Å². The van der Waals surface area contributed by atoms with Crippen LogP contribution in [0.5, 0.6) is 5.75 Å². The van der Waals surface area contributed by atoms with E-state index in [9.17, 15) is 0 Å². The van der Waals surface area contributed by atoms with Gasteiger partial charge < -0.3 is 4.74 Å². The number of fused-ring (bicyclic) bond motifs is 1. The number of allylic oxidation sites excluding steroid dienone is 5. The standard InChI is InChI=1S/C24H20ClNO/c25-21-9-6-19(7-10-21)17-27-22-11-12-23-20(16-22)14-15-26-24(23)13-8-18-4-2-1-3-5-18/h2,4-16H,1,3,17H2. The van der Waals surface area contributed by atoms with Crippen molar-refractivity contribution < 1.29 is 4.74 Å². The molecule has 0 aliphatic heterocycles. The molecule has 2 nitrogen and oxygen atoms in total. The van der Waals surface area contributed by atoms with Crippen LogP contribution in [-0.4, -0.2) is 4.98 Å². The molecular weight excluding hydrogens is 354 g/mol. The van der Waals surface area contributed by atoms with Crippen molar-refractivity contribution in [3.8, 4) is 5.75 Å². The first kappa shape index (κ1) is 17.6. The maximum atomic E-state index is 5.94. The van der Waals surface area contributed by atoms with Crippen LogP contribution < -0.4 is 4.74 Å². The fraction of sp³-hybridized carbons (Fsp3) is 0.125. The second-order valence-corrected chi connectivity index (χ2v) is 6.95. The van der Waals surface area contributed by atoms with Gasteiger partial charge in [-0.15, -0.1) is 0 Å². The van der Waals surface area contributed by atoms with E-state index in [1.165, 1.54) is 5.57 Å². The highest BCUT2D eigenvalue weighted by molar-refractivity contribution is 6.30. The summed E-state index contributed by atoms with van der Waals surface area (Å²) < 4.78 is 5.94. The van der Waals surface area contributed by atoms with Crippen molar-refractivity contribution in [2.24, 2.45) is 0 Å². The average molecular weight is 374 g/mol. The molecule has 1 heterocycles. The summed E-state index contributed by atoms with van der Waals surface area (Å²) in [6.07, 6.45) is 14.9. The summed E-state index contributed by atoms with van der Waals surface area (Å²) in [5.74, 6) is 0.844. The molecule has 1 aliphatic rings. The zero-order valence-electron chi connectivity index (χ0n) is 14.9. The third-order valence-electron chi connectivity index (χ3n) is 4.54. The van der Waals surface area contributed by atoms with Crippen LogP contribution in [0.15, 0.2) is 84.6 Å². The van der Waals surface area contributed by atoms with Gasteiger partial charge >= 0.3 is 0 Å². The van der Waals surface area contributed by atoms with Gasteiger partial charge in [0.2, 0.25) is 0 Å². The minimum atomic E-state index is 0.515. The predicted octanol–water partition coefficient (Wildman–Crippen LogP) is 6.76. The fourth-order valence-electron chi connectivity index (χ4n) is 3.08. The van der Waals surface area contributed by atoms with Gasteiger partial charge in [0.05, 0.1) is 5.69 Å². The molecule has 0 saturated carbocycles. The smallest absolute Gasteiger partial charge is 0.120 e. The minimum absolute atomic E-state index is 0.515. The third-order valence-corrected chi connectivity index (χ3v) is 4.79. The molecular formula is C24H20ClNO. The van der Waals surface area contributed by atoms with Crippen molar-refractivity contribution in [2.45, 2.75) is 19.4 Å². The van der Waals surface area contributed by atoms with Crippen molar-refractivity contribution >= 4 is 28.4 Å². The summed E-state index contributed by atoms with van der Waals surface area (Å²) in [6.45, 7) is 0.515. The largest absolute Gasteiger partial charge is 0.489 e. The molecule has 0 saturated heterocycles. The summed E-state index contributed by atoms with van der Waals surface area (Å²) in [4.78, 5) is 4.53. The maximum Gasteiger partial charge on any atom is 0.120 e. The lowest BCUT2D eigenvalue weighted by molar-refractivity contribution is 0.306. The molecule has 0 N–H and O–H groups in total. The molecule has 0 radical (unpaired) electrons. The molecule has 0 fully saturated rings. The Balaban J connectivity index is 1.52. The number of ether oxygens (including phenoxy) is 1. The normalized spacial score (nSPS) is 13.9. The minimum Gasteiger partial charge on any atom is -0.489 e. The highest BCUT2D eigenvalue weighted by Crippen LogP contribution is 2.25. The molecule has 0 unspecified atom stereocenters. The Labute approximate surface area is 164 Å². The van der Waals surface area contributed by atoms with Gasteiger partial charge in [0.15, 0.2) is 0 Å². The van der Waals surface area contributed by atoms with Crippen molar-refractivity contribution in [3.05, 3.63) is 101 Å². The Bertz CT molecular complexity index is 1030. The highest BCUT2D eigenvalue weighted by atomic mass is 35.5. The van der Waals surface area contributed by atoms with Gasteiger partial charge in [-0.2, -0.15) is 0 Å². The summed E-state index contributed by atoms with van der Waals surface area (Å²) in [6, 6.07) is 15.9. The van der Waals surface area contributed by atoms with Crippen LogP contribution in [0.4, 0.5) is 0 Å². The molecule has 27 heavy (non-hydrogen) atoms. The van der Waals surface area contributed by atoms with E-state index in [2.05, 4.69) is 47.5 Å². The number of benzene rings is 2. The highest BCUT2D eigenvalue weighted by Gasteiger charge is 2.03. The number of halogens is 1. The Kier molecular flexibility index (Phi) is 5.36. The topological polar surface area (TPSA) is 22.1 Å². The number of aromatic nitrogens is 1. The predicted molar refractivity (Wildman–Crippen MR) is 113 cm³/mol. The summed E-state index contributed by atoms with van der Waals surface area (Å²) >= 11 is 5.92. The third kappa shape index (κ3) is 4.47. The van der Waals surface area contributed by atoms with Gasteiger partial charge in [-0.3, -0.25) is 4.98 Å². The maximum absolute atomic E-state index is 5.94. The van der Waals surface area contributed by atoms with Crippen molar-refractivity contribution in [1.29, 1.82) is 0 Å². The first-order chi connectivity index (χ1) is 13.3. The lowest BCUT2D eigenvalue weighted by Crippen LogP contribution is -1.95. The van der Waals surface area contributed by atoms with E-state index in [-0.39, 0.29) is 0 Å². The van der Waals surface area contributed by atoms with Gasteiger partial charge in [0.25, 0.3) is 0 Å². The molecule has 3 aromatic rings. The van der Waals surface area contributed by atoms with Gasteiger partial charge in [-0.1, -0.05) is 48.0 Å². The lowest BCUT2D eigenvalue weighted by Gasteiger charge is -2.09. The number of rotatable bonds is 5. The van der Waals surface area contributed by atoms with E-state index in [0.29, 0.717) is 6.61 Å². The molecule has 134 valence electrons. The first-order valence-corrected chi connectivity index (χ1v) is 9.46. The summed E-state index contributed by atoms with van der Waals surface area (Å²) in [7, 11) is 0. The Morgan fingerprint density at radius 3 is 2.70 bits per heavy atom. The van der Waals surface area contributed by atoms with Crippen LogP contribution in [0.1, 0.15) is 24.1 Å². The van der Waals surface area contributed by atoms with E-state index in [1.54, 1.807) is 0 Å². The Morgan fingerprint density at radius 1 is 1.00 bits per heavy atom. The monoisotopic (exact) mass is 373 g/mol. The van der Waals surface area contributed by atoms with Gasteiger partial charge in [-0.25, -0.2) is 0 Å². The van der Waals surface area contributed by atoms with E-state index in [0.717, 1.165) is 45.6 Å². The SMILES string of the molecule is Clc1ccc(COc2ccc3c(C=CC4=CCCC=C4)nccc3c2)cc1. The molecule has 4 rings (SSSR count). The average Bonchev–Trinajstić information content (AvgIpc) is 2.72. The Morgan fingerprint density at radius 2 is 1.89 bits per heavy atom. The van der Waals surface area contributed by atoms with E-state index >= 15 is 0 Å². The van der Waals surface area contributed by atoms with Gasteiger partial charge in [-0.05, 0) is 71.8 Å². The molecule has 1 aliphatic carbocycles. The number of hydrogen-bond acceptors (Lipinski definition) is 2. The fourth-order valence-corrected chi connectivity index (χ4v) is 3.21. The van der Waals surface area contributed by atoms with Crippen LogP contribution in [0.3, 0.4) is 0 Å². The molecule has 0 amide bonds. The van der Waals surface area contributed by atoms with Crippen LogP contribution >= 0.6 is 11.6 Å². The van der Waals surface area contributed by atoms with Gasteiger partial charge in [0.1, 0.15) is 12.4 Å². The number of hydrogen-bond donors (Lipinski definition) is 0. The quantitative estimate of drug-likeness (QED) is 0.493. The zero-order chi connectivity index (χ0) is 18.5. The van der Waals surface area contributed by atoms with Crippen LogP contribution in [0, 0.1) is 0 Å². The van der Waals surface area contributed by atoms with Gasteiger partial charge in [0, 0.05) is 16.6 Å². The zero-order valence-corrected chi connectivity index (χ0v) is 15.7. The van der Waals surface area contributed by atoms with E-state index in [1.807, 2.05) is 42.6 Å². The van der Waals surface area contributed by atoms with Crippen LogP contribution in [0.2, 0.25) is 5.02 Å². The van der Waals surface area contributed by atoms with Crippen LogP contribution in [0.25, 0.3) is 16.8 Å². The van der Waals surface area contributed by atoms with E-state index < -0.39 is 0 Å². The number of pyridine rings is 1. The number of nitrogens with zero attached hydrogens (tertiary/aromatic N) is 1. The second kappa shape index (κ2) is 8.24. The summed E-state index contributed by atoms with van der Waals surface area (Å²) in [5.41, 5.74) is 3.30. The molecule has 0 bridgehead atoms. The lowest BCUT2D eigenvalue weighted by atomic mass is 10.0. The van der Waals surface area contributed by atoms with Crippen molar-refractivity contribution in [1.82, 2.24) is 4.98 Å².